The molecule has 1 aromatic heterocycles. The molecule has 3 amide bonds. The molecule has 0 bridgehead atoms. The first kappa shape index (κ1) is 17.9. The number of hydrogen-bond acceptors (Lipinski definition) is 5. The molecule has 0 saturated carbocycles. The fourth-order valence-electron chi connectivity index (χ4n) is 2.94. The van der Waals surface area contributed by atoms with E-state index in [0.717, 1.165) is 11.4 Å². The van der Waals surface area contributed by atoms with E-state index in [9.17, 15) is 9.59 Å². The highest BCUT2D eigenvalue weighted by atomic mass is 35.5. The van der Waals surface area contributed by atoms with E-state index in [2.05, 4.69) is 20.8 Å². The lowest BCUT2D eigenvalue weighted by atomic mass is 10.3. The third kappa shape index (κ3) is 3.79. The van der Waals surface area contributed by atoms with E-state index in [0.29, 0.717) is 23.8 Å². The second-order valence-electron chi connectivity index (χ2n) is 6.18. The van der Waals surface area contributed by atoms with Gasteiger partial charge in [-0.25, -0.2) is 9.48 Å². The fourth-order valence-corrected chi connectivity index (χ4v) is 3.07. The van der Waals surface area contributed by atoms with Gasteiger partial charge in [0.25, 0.3) is 0 Å². The average Bonchev–Trinajstić information content (AvgIpc) is 3.34. The van der Waals surface area contributed by atoms with E-state index in [1.165, 1.54) is 15.9 Å². The van der Waals surface area contributed by atoms with Crippen LogP contribution in [0.2, 0.25) is 5.02 Å². The maximum Gasteiger partial charge on any atom is 0.325 e. The molecule has 0 unspecified atom stereocenters. The Labute approximate surface area is 165 Å². The van der Waals surface area contributed by atoms with Crippen LogP contribution in [0.4, 0.5) is 16.2 Å². The summed E-state index contributed by atoms with van der Waals surface area (Å²) >= 11 is 5.89. The number of aromatic nitrogens is 4. The van der Waals surface area contributed by atoms with Gasteiger partial charge in [0.1, 0.15) is 12.9 Å². The zero-order chi connectivity index (χ0) is 19.5. The van der Waals surface area contributed by atoms with Crippen LogP contribution in [-0.4, -0.2) is 56.7 Å². The van der Waals surface area contributed by atoms with Gasteiger partial charge in [-0.15, -0.1) is 5.10 Å². The van der Waals surface area contributed by atoms with Crippen molar-refractivity contribution in [3.63, 3.8) is 0 Å². The minimum absolute atomic E-state index is 0.0162. The van der Waals surface area contributed by atoms with E-state index in [1.54, 1.807) is 53.4 Å². The number of carbonyl (C=O) groups is 2. The minimum atomic E-state index is -0.263. The zero-order valence-corrected chi connectivity index (χ0v) is 15.5. The summed E-state index contributed by atoms with van der Waals surface area (Å²) in [5, 5.41) is 14.4. The normalized spacial score (nSPS) is 13.8. The number of halogens is 1. The minimum Gasteiger partial charge on any atom is -0.325 e. The number of carbonyl (C=O) groups excluding carboxylic acids is 2. The van der Waals surface area contributed by atoms with Crippen LogP contribution in [0.15, 0.2) is 54.9 Å². The van der Waals surface area contributed by atoms with E-state index >= 15 is 0 Å². The standard InChI is InChI=1S/C18H16ClN7O2/c19-13-1-5-15(6-2-13)25-10-9-24(18(25)28)11-17(27)21-14-3-7-16(8-4-14)26-12-20-22-23-26/h1-8,12H,9-11H2,(H,21,27). The van der Waals surface area contributed by atoms with Crippen molar-refractivity contribution in [3.8, 4) is 5.69 Å². The van der Waals surface area contributed by atoms with E-state index in [4.69, 9.17) is 11.6 Å². The van der Waals surface area contributed by atoms with Gasteiger partial charge in [-0.3, -0.25) is 9.69 Å². The number of nitrogens with zero attached hydrogens (tertiary/aromatic N) is 6. The predicted molar refractivity (Wildman–Crippen MR) is 104 cm³/mol. The molecule has 10 heteroatoms. The zero-order valence-electron chi connectivity index (χ0n) is 14.7. The number of benzene rings is 2. The quantitative estimate of drug-likeness (QED) is 0.712. The molecule has 3 aromatic rings. The molecule has 1 aliphatic rings. The first-order valence-electron chi connectivity index (χ1n) is 8.55. The lowest BCUT2D eigenvalue weighted by Gasteiger charge is -2.18. The Morgan fingerprint density at radius 1 is 1.04 bits per heavy atom. The number of tetrazole rings is 1. The molecule has 1 aliphatic heterocycles. The highest BCUT2D eigenvalue weighted by molar-refractivity contribution is 6.30. The Morgan fingerprint density at radius 3 is 2.43 bits per heavy atom. The summed E-state index contributed by atoms with van der Waals surface area (Å²) in [6.45, 7) is 0.985. The van der Waals surface area contributed by atoms with Gasteiger partial charge in [-0.2, -0.15) is 0 Å². The van der Waals surface area contributed by atoms with Gasteiger partial charge in [-0.1, -0.05) is 11.6 Å². The van der Waals surface area contributed by atoms with Gasteiger partial charge in [0.05, 0.1) is 5.69 Å². The summed E-state index contributed by atoms with van der Waals surface area (Å²) in [6, 6.07) is 13.9. The van der Waals surface area contributed by atoms with Gasteiger partial charge in [0, 0.05) is 29.5 Å². The van der Waals surface area contributed by atoms with Gasteiger partial charge in [0.15, 0.2) is 0 Å². The van der Waals surface area contributed by atoms with Crippen molar-refractivity contribution in [2.45, 2.75) is 0 Å². The topological polar surface area (TPSA) is 96.2 Å². The molecule has 2 aromatic carbocycles. The van der Waals surface area contributed by atoms with Crippen molar-refractivity contribution in [2.75, 3.05) is 29.9 Å². The molecule has 142 valence electrons. The number of anilines is 2. The van der Waals surface area contributed by atoms with Crippen molar-refractivity contribution in [3.05, 3.63) is 59.9 Å². The van der Waals surface area contributed by atoms with Crippen LogP contribution >= 0.6 is 11.6 Å². The summed E-state index contributed by atoms with van der Waals surface area (Å²) in [5.74, 6) is -0.263. The van der Waals surface area contributed by atoms with Gasteiger partial charge in [0.2, 0.25) is 5.91 Å². The van der Waals surface area contributed by atoms with Crippen molar-refractivity contribution in [1.82, 2.24) is 25.1 Å². The molecule has 0 aliphatic carbocycles. The summed E-state index contributed by atoms with van der Waals surface area (Å²) < 4.78 is 1.51. The van der Waals surface area contributed by atoms with Gasteiger partial charge in [-0.05, 0) is 59.0 Å². The summed E-state index contributed by atoms with van der Waals surface area (Å²) in [5.41, 5.74) is 2.16. The molecule has 0 spiro atoms. The van der Waals surface area contributed by atoms with Crippen LogP contribution in [0.3, 0.4) is 0 Å². The lowest BCUT2D eigenvalue weighted by molar-refractivity contribution is -0.116. The number of nitrogens with one attached hydrogen (secondary N) is 1. The fraction of sp³-hybridized carbons (Fsp3) is 0.167. The van der Waals surface area contributed by atoms with Crippen molar-refractivity contribution >= 4 is 34.9 Å². The van der Waals surface area contributed by atoms with Crippen molar-refractivity contribution < 1.29 is 9.59 Å². The highest BCUT2D eigenvalue weighted by Crippen LogP contribution is 2.22. The third-order valence-electron chi connectivity index (χ3n) is 4.33. The number of rotatable bonds is 5. The second kappa shape index (κ2) is 7.65. The molecular formula is C18H16ClN7O2. The lowest BCUT2D eigenvalue weighted by Crippen LogP contribution is -2.37. The highest BCUT2D eigenvalue weighted by Gasteiger charge is 2.30. The number of urea groups is 1. The summed E-state index contributed by atoms with van der Waals surface area (Å²) in [6.07, 6.45) is 1.49. The third-order valence-corrected chi connectivity index (χ3v) is 4.58. The second-order valence-corrected chi connectivity index (χ2v) is 6.62. The molecule has 0 radical (unpaired) electrons. The van der Waals surface area contributed by atoms with Crippen LogP contribution < -0.4 is 10.2 Å². The Balaban J connectivity index is 1.35. The Hall–Kier alpha value is -3.46. The van der Waals surface area contributed by atoms with Gasteiger partial charge < -0.3 is 10.2 Å². The van der Waals surface area contributed by atoms with Crippen molar-refractivity contribution in [2.24, 2.45) is 0 Å². The molecule has 1 saturated heterocycles. The van der Waals surface area contributed by atoms with E-state index < -0.39 is 0 Å². The maximum atomic E-state index is 12.6. The van der Waals surface area contributed by atoms with Crippen LogP contribution in [0.25, 0.3) is 5.69 Å². The Kier molecular flexibility index (Phi) is 4.90. The molecule has 0 atom stereocenters. The smallest absolute Gasteiger partial charge is 0.325 e. The van der Waals surface area contributed by atoms with Crippen molar-refractivity contribution in [1.29, 1.82) is 0 Å². The molecule has 28 heavy (non-hydrogen) atoms. The SMILES string of the molecule is O=C(CN1CCN(c2ccc(Cl)cc2)C1=O)Nc1ccc(-n2cnnn2)cc1. The first-order valence-corrected chi connectivity index (χ1v) is 8.93. The predicted octanol–water partition coefficient (Wildman–Crippen LogP) is 2.20. The molecule has 4 rings (SSSR count). The van der Waals surface area contributed by atoms with Crippen LogP contribution in [0, 0.1) is 0 Å². The monoisotopic (exact) mass is 397 g/mol. The molecule has 2 heterocycles. The summed E-state index contributed by atoms with van der Waals surface area (Å²) in [4.78, 5) is 28.1. The average molecular weight is 398 g/mol. The van der Waals surface area contributed by atoms with Gasteiger partial charge >= 0.3 is 6.03 Å². The van der Waals surface area contributed by atoms with E-state index in [-0.39, 0.29) is 18.5 Å². The number of amides is 3. The van der Waals surface area contributed by atoms with Crippen LogP contribution in [-0.2, 0) is 4.79 Å². The number of hydrogen-bond donors (Lipinski definition) is 1. The molecule has 1 fully saturated rings. The Morgan fingerprint density at radius 2 is 1.75 bits per heavy atom. The van der Waals surface area contributed by atoms with E-state index in [1.807, 2.05) is 0 Å². The largest absolute Gasteiger partial charge is 0.325 e. The van der Waals surface area contributed by atoms with Crippen LogP contribution in [0.1, 0.15) is 0 Å². The summed E-state index contributed by atoms with van der Waals surface area (Å²) in [7, 11) is 0. The Bertz CT molecular complexity index is 974. The van der Waals surface area contributed by atoms with Crippen LogP contribution in [0.5, 0.6) is 0 Å². The molecule has 9 nitrogen and oxygen atoms in total. The first-order chi connectivity index (χ1) is 13.6. The molecule has 1 N–H and O–H groups in total. The maximum absolute atomic E-state index is 12.6. The molecular weight excluding hydrogens is 382 g/mol.